The molecule has 0 aliphatic carbocycles. The zero-order valence-corrected chi connectivity index (χ0v) is 18.6. The molecule has 8 nitrogen and oxygen atoms in total. The number of carbonyl (C=O) groups excluding carboxylic acids is 3. The number of rotatable bonds is 7. The summed E-state index contributed by atoms with van der Waals surface area (Å²) in [6.45, 7) is 2.76. The Kier molecular flexibility index (Phi) is 7.56. The fourth-order valence-electron chi connectivity index (χ4n) is 3.03. The van der Waals surface area contributed by atoms with Gasteiger partial charge in [0.05, 0.1) is 11.8 Å². The van der Waals surface area contributed by atoms with Gasteiger partial charge >= 0.3 is 0 Å². The molecule has 2 heterocycles. The number of aryl methyl sites for hydroxylation is 1. The molecular formula is C19H25ClN4O4S. The second-order valence-corrected chi connectivity index (χ2v) is 7.96. The lowest BCUT2D eigenvalue weighted by Crippen LogP contribution is -2.44. The lowest BCUT2D eigenvalue weighted by Gasteiger charge is -2.24. The van der Waals surface area contributed by atoms with Gasteiger partial charge in [-0.25, -0.2) is 4.98 Å². The van der Waals surface area contributed by atoms with Crippen molar-refractivity contribution in [2.24, 2.45) is 0 Å². The summed E-state index contributed by atoms with van der Waals surface area (Å²) >= 11 is 1.41. The minimum absolute atomic E-state index is 0. The molecule has 1 aliphatic rings. The SMILES string of the molecule is COc1ccc(C)c2sc(N(CCN(C)C)C(=O)CN3C(=O)CCC3=O)nc12.Cl. The molecule has 0 N–H and O–H groups in total. The number of amides is 3. The topological polar surface area (TPSA) is 83.0 Å². The van der Waals surface area contributed by atoms with E-state index >= 15 is 0 Å². The molecule has 3 rings (SSSR count). The van der Waals surface area contributed by atoms with Crippen LogP contribution in [0.5, 0.6) is 5.75 Å². The van der Waals surface area contributed by atoms with Crippen molar-refractivity contribution in [3.05, 3.63) is 17.7 Å². The molecule has 2 aromatic rings. The number of fused-ring (bicyclic) bond motifs is 1. The van der Waals surface area contributed by atoms with Crippen molar-refractivity contribution in [2.75, 3.05) is 45.7 Å². The van der Waals surface area contributed by atoms with Gasteiger partial charge in [0, 0.05) is 25.9 Å². The first-order chi connectivity index (χ1) is 13.3. The van der Waals surface area contributed by atoms with Gasteiger partial charge < -0.3 is 9.64 Å². The highest BCUT2D eigenvalue weighted by Gasteiger charge is 2.33. The van der Waals surface area contributed by atoms with Crippen molar-refractivity contribution in [1.29, 1.82) is 0 Å². The van der Waals surface area contributed by atoms with Crippen LogP contribution in [0, 0.1) is 6.92 Å². The average Bonchev–Trinajstić information content (AvgIpc) is 3.22. The van der Waals surface area contributed by atoms with E-state index in [4.69, 9.17) is 4.74 Å². The highest BCUT2D eigenvalue weighted by Crippen LogP contribution is 2.36. The van der Waals surface area contributed by atoms with Crippen LogP contribution in [0.15, 0.2) is 12.1 Å². The van der Waals surface area contributed by atoms with Crippen LogP contribution in [0.25, 0.3) is 10.2 Å². The van der Waals surface area contributed by atoms with Crippen LogP contribution in [0.1, 0.15) is 18.4 Å². The predicted octanol–water partition coefficient (Wildman–Crippen LogP) is 2.08. The largest absolute Gasteiger partial charge is 0.494 e. The van der Waals surface area contributed by atoms with E-state index in [1.165, 1.54) is 11.3 Å². The van der Waals surface area contributed by atoms with E-state index in [9.17, 15) is 14.4 Å². The Morgan fingerprint density at radius 1 is 1.21 bits per heavy atom. The molecule has 0 bridgehead atoms. The first-order valence-corrected chi connectivity index (χ1v) is 9.86. The number of likely N-dealkylation sites (N-methyl/N-ethyl adjacent to an activating group) is 1. The Morgan fingerprint density at radius 2 is 1.86 bits per heavy atom. The first-order valence-electron chi connectivity index (χ1n) is 9.04. The van der Waals surface area contributed by atoms with E-state index in [0.29, 0.717) is 29.5 Å². The number of halogens is 1. The van der Waals surface area contributed by atoms with Gasteiger partial charge in [0.25, 0.3) is 0 Å². The number of thiazole rings is 1. The molecule has 0 spiro atoms. The second kappa shape index (κ2) is 9.51. The fourth-order valence-corrected chi connectivity index (χ4v) is 4.12. The van der Waals surface area contributed by atoms with E-state index < -0.39 is 0 Å². The maximum atomic E-state index is 13.0. The summed E-state index contributed by atoms with van der Waals surface area (Å²) in [5, 5.41) is 0.536. The molecule has 0 atom stereocenters. The fraction of sp³-hybridized carbons (Fsp3) is 0.474. The third kappa shape index (κ3) is 4.85. The van der Waals surface area contributed by atoms with Crippen LogP contribution in [0.2, 0.25) is 0 Å². The predicted molar refractivity (Wildman–Crippen MR) is 115 cm³/mol. The number of anilines is 1. The standard InChI is InChI=1S/C19H24N4O4S.ClH/c1-12-5-6-13(27-4)17-18(12)28-19(20-17)22(10-9-21(2)3)16(26)11-23-14(24)7-8-15(23)25;/h5-6H,7-11H2,1-4H3;1H. The zero-order valence-electron chi connectivity index (χ0n) is 16.9. The van der Waals surface area contributed by atoms with E-state index in [-0.39, 0.29) is 49.5 Å². The summed E-state index contributed by atoms with van der Waals surface area (Å²) in [6.07, 6.45) is 0.336. The second-order valence-electron chi connectivity index (χ2n) is 6.98. The van der Waals surface area contributed by atoms with Gasteiger partial charge in [-0.05, 0) is 32.6 Å². The minimum Gasteiger partial charge on any atom is -0.494 e. The van der Waals surface area contributed by atoms with Crippen molar-refractivity contribution in [2.45, 2.75) is 19.8 Å². The normalized spacial score (nSPS) is 13.9. The summed E-state index contributed by atoms with van der Waals surface area (Å²) in [4.78, 5) is 46.1. The van der Waals surface area contributed by atoms with Crippen molar-refractivity contribution in [1.82, 2.24) is 14.8 Å². The number of likely N-dealkylation sites (tertiary alicyclic amines) is 1. The molecule has 1 aliphatic heterocycles. The molecule has 0 radical (unpaired) electrons. The Hall–Kier alpha value is -2.23. The molecule has 1 aromatic carbocycles. The summed E-state index contributed by atoms with van der Waals surface area (Å²) in [6, 6.07) is 3.81. The van der Waals surface area contributed by atoms with Gasteiger partial charge in [-0.1, -0.05) is 17.4 Å². The number of ether oxygens (including phenoxy) is 1. The molecule has 1 saturated heterocycles. The quantitative estimate of drug-likeness (QED) is 0.613. The average molecular weight is 441 g/mol. The molecule has 0 saturated carbocycles. The lowest BCUT2D eigenvalue weighted by molar-refractivity contribution is -0.141. The van der Waals surface area contributed by atoms with Crippen molar-refractivity contribution < 1.29 is 19.1 Å². The zero-order chi connectivity index (χ0) is 20.4. The first kappa shape index (κ1) is 23.1. The van der Waals surface area contributed by atoms with Crippen LogP contribution >= 0.6 is 23.7 Å². The minimum atomic E-state index is -0.318. The Morgan fingerprint density at radius 3 is 2.45 bits per heavy atom. The summed E-state index contributed by atoms with van der Waals surface area (Å²) in [5.41, 5.74) is 1.75. The van der Waals surface area contributed by atoms with E-state index in [0.717, 1.165) is 15.2 Å². The van der Waals surface area contributed by atoms with E-state index in [2.05, 4.69) is 4.98 Å². The van der Waals surface area contributed by atoms with Crippen LogP contribution in [0.4, 0.5) is 5.13 Å². The lowest BCUT2D eigenvalue weighted by atomic mass is 10.2. The maximum absolute atomic E-state index is 13.0. The van der Waals surface area contributed by atoms with Crippen LogP contribution in [-0.2, 0) is 14.4 Å². The van der Waals surface area contributed by atoms with E-state index in [1.807, 2.05) is 38.1 Å². The third-order valence-corrected chi connectivity index (χ3v) is 5.88. The number of imide groups is 1. The van der Waals surface area contributed by atoms with Crippen molar-refractivity contribution in [3.8, 4) is 5.75 Å². The smallest absolute Gasteiger partial charge is 0.248 e. The summed E-state index contributed by atoms with van der Waals surface area (Å²) in [5.74, 6) is -0.269. The number of carbonyl (C=O) groups is 3. The number of methoxy groups -OCH3 is 1. The highest BCUT2D eigenvalue weighted by molar-refractivity contribution is 7.22. The molecule has 3 amide bonds. The van der Waals surface area contributed by atoms with Gasteiger partial charge in [-0.2, -0.15) is 0 Å². The maximum Gasteiger partial charge on any atom is 0.248 e. The van der Waals surface area contributed by atoms with Crippen molar-refractivity contribution in [3.63, 3.8) is 0 Å². The molecule has 1 aromatic heterocycles. The van der Waals surface area contributed by atoms with Gasteiger partial charge in [0.2, 0.25) is 17.7 Å². The molecule has 29 heavy (non-hydrogen) atoms. The Bertz CT molecular complexity index is 914. The number of hydrogen-bond donors (Lipinski definition) is 0. The third-order valence-electron chi connectivity index (χ3n) is 4.66. The molecule has 10 heteroatoms. The summed E-state index contributed by atoms with van der Waals surface area (Å²) in [7, 11) is 5.42. The van der Waals surface area contributed by atoms with Gasteiger partial charge in [0.15, 0.2) is 5.13 Å². The highest BCUT2D eigenvalue weighted by atomic mass is 35.5. The number of benzene rings is 1. The molecule has 1 fully saturated rings. The Balaban J connectivity index is 0.00000300. The van der Waals surface area contributed by atoms with Crippen LogP contribution < -0.4 is 9.64 Å². The van der Waals surface area contributed by atoms with Gasteiger partial charge in [-0.3, -0.25) is 24.2 Å². The van der Waals surface area contributed by atoms with Gasteiger partial charge in [0.1, 0.15) is 17.8 Å². The van der Waals surface area contributed by atoms with Gasteiger partial charge in [-0.15, -0.1) is 12.4 Å². The number of aromatic nitrogens is 1. The number of hydrogen-bond acceptors (Lipinski definition) is 7. The molecule has 158 valence electrons. The van der Waals surface area contributed by atoms with Crippen molar-refractivity contribution >= 4 is 56.8 Å². The Labute approximate surface area is 179 Å². The van der Waals surface area contributed by atoms with E-state index in [1.54, 1.807) is 12.0 Å². The molecular weight excluding hydrogens is 416 g/mol. The van der Waals surface area contributed by atoms with Crippen LogP contribution in [0.3, 0.4) is 0 Å². The molecule has 0 unspecified atom stereocenters. The number of nitrogens with zero attached hydrogens (tertiary/aromatic N) is 4. The monoisotopic (exact) mass is 440 g/mol. The summed E-state index contributed by atoms with van der Waals surface area (Å²) < 4.78 is 6.35. The van der Waals surface area contributed by atoms with Crippen LogP contribution in [-0.4, -0.2) is 73.3 Å².